The van der Waals surface area contributed by atoms with Gasteiger partial charge >= 0.3 is 0 Å². The molecule has 2 N–H and O–H groups in total. The van der Waals surface area contributed by atoms with Crippen LogP contribution in [0.2, 0.25) is 0 Å². The van der Waals surface area contributed by atoms with Crippen molar-refractivity contribution in [3.63, 3.8) is 0 Å². The standard InChI is InChI=1S/C6H14N2O/c1-5(9)8-6(2,3)7-4/h7H,1-4H3,(H,8,9). The molecule has 0 spiro atoms. The number of nitrogens with one attached hydrogen (secondary N) is 2. The second-order valence-corrected chi connectivity index (χ2v) is 2.56. The first-order chi connectivity index (χ1) is 3.98. The number of hydrogen-bond donors (Lipinski definition) is 2. The fraction of sp³-hybridized carbons (Fsp3) is 0.833. The summed E-state index contributed by atoms with van der Waals surface area (Å²) in [6.45, 7) is 5.29. The van der Waals surface area contributed by atoms with Crippen molar-refractivity contribution in [2.45, 2.75) is 26.4 Å². The molecule has 54 valence electrons. The maximum Gasteiger partial charge on any atom is 0.218 e. The van der Waals surface area contributed by atoms with E-state index in [-0.39, 0.29) is 11.6 Å². The highest BCUT2D eigenvalue weighted by molar-refractivity contribution is 5.73. The Hall–Kier alpha value is -0.570. The molecule has 0 fully saturated rings. The zero-order valence-corrected chi connectivity index (χ0v) is 6.41. The van der Waals surface area contributed by atoms with Crippen LogP contribution in [0.25, 0.3) is 0 Å². The summed E-state index contributed by atoms with van der Waals surface area (Å²) in [7, 11) is 1.80. The Morgan fingerprint density at radius 3 is 2.00 bits per heavy atom. The van der Waals surface area contributed by atoms with Crippen molar-refractivity contribution >= 4 is 5.91 Å². The van der Waals surface area contributed by atoms with Crippen molar-refractivity contribution in [3.05, 3.63) is 0 Å². The molecular formula is C6H14N2O. The normalized spacial score (nSPS) is 11.1. The first-order valence-corrected chi connectivity index (χ1v) is 2.95. The second-order valence-electron chi connectivity index (χ2n) is 2.56. The average molecular weight is 130 g/mol. The molecule has 0 aromatic carbocycles. The average Bonchev–Trinajstić information content (AvgIpc) is 1.63. The van der Waals surface area contributed by atoms with Crippen molar-refractivity contribution < 1.29 is 4.79 Å². The Balaban J connectivity index is 3.71. The molecule has 1 amide bonds. The van der Waals surface area contributed by atoms with Crippen LogP contribution in [-0.4, -0.2) is 18.6 Å². The smallest absolute Gasteiger partial charge is 0.218 e. The molecule has 0 bridgehead atoms. The van der Waals surface area contributed by atoms with Gasteiger partial charge in [0.2, 0.25) is 5.91 Å². The van der Waals surface area contributed by atoms with Gasteiger partial charge in [-0.05, 0) is 20.9 Å². The van der Waals surface area contributed by atoms with Crippen molar-refractivity contribution in [1.29, 1.82) is 0 Å². The molecule has 0 aromatic rings. The Morgan fingerprint density at radius 2 is 1.89 bits per heavy atom. The highest BCUT2D eigenvalue weighted by Crippen LogP contribution is 1.92. The molecule has 9 heavy (non-hydrogen) atoms. The third-order valence-electron chi connectivity index (χ3n) is 1.11. The fourth-order valence-corrected chi connectivity index (χ4v) is 0.503. The summed E-state index contributed by atoms with van der Waals surface area (Å²) in [5.74, 6) is -0.0191. The molecule has 0 heterocycles. The molecule has 3 nitrogen and oxygen atoms in total. The number of carbonyl (C=O) groups excluding carboxylic acids is 1. The van der Waals surface area contributed by atoms with Crippen LogP contribution < -0.4 is 10.6 Å². The maximum absolute atomic E-state index is 10.5. The third kappa shape index (κ3) is 3.97. The van der Waals surface area contributed by atoms with E-state index in [2.05, 4.69) is 10.6 Å². The van der Waals surface area contributed by atoms with Crippen LogP contribution >= 0.6 is 0 Å². The first-order valence-electron chi connectivity index (χ1n) is 2.95. The van der Waals surface area contributed by atoms with Gasteiger partial charge in [0.15, 0.2) is 0 Å². The molecular weight excluding hydrogens is 116 g/mol. The number of carbonyl (C=O) groups is 1. The lowest BCUT2D eigenvalue weighted by atomic mass is 10.2. The molecule has 0 aliphatic rings. The zero-order valence-electron chi connectivity index (χ0n) is 6.41. The molecule has 0 atom stereocenters. The Bertz CT molecular complexity index is 110. The lowest BCUT2D eigenvalue weighted by Crippen LogP contribution is -2.52. The summed E-state index contributed by atoms with van der Waals surface area (Å²) in [5, 5.41) is 5.66. The zero-order chi connectivity index (χ0) is 7.49. The van der Waals surface area contributed by atoms with E-state index in [9.17, 15) is 4.79 Å². The Labute approximate surface area is 55.8 Å². The predicted octanol–water partition coefficient (Wildman–Crippen LogP) is 0.0780. The molecule has 0 saturated carbocycles. The molecule has 0 saturated heterocycles. The van der Waals surface area contributed by atoms with Crippen LogP contribution in [0, 0.1) is 0 Å². The Kier molecular flexibility index (Phi) is 2.65. The van der Waals surface area contributed by atoms with Gasteiger partial charge in [0.25, 0.3) is 0 Å². The number of hydrogen-bond acceptors (Lipinski definition) is 2. The largest absolute Gasteiger partial charge is 0.339 e. The van der Waals surface area contributed by atoms with Crippen molar-refractivity contribution in [2.24, 2.45) is 0 Å². The summed E-state index contributed by atoms with van der Waals surface area (Å²) < 4.78 is 0. The van der Waals surface area contributed by atoms with Crippen LogP contribution in [0.5, 0.6) is 0 Å². The summed E-state index contributed by atoms with van der Waals surface area (Å²) in [4.78, 5) is 10.5. The first kappa shape index (κ1) is 8.43. The van der Waals surface area contributed by atoms with Crippen LogP contribution in [0.4, 0.5) is 0 Å². The summed E-state index contributed by atoms with van der Waals surface area (Å²) in [6, 6.07) is 0. The van der Waals surface area contributed by atoms with Crippen LogP contribution in [0.3, 0.4) is 0 Å². The maximum atomic E-state index is 10.5. The SMILES string of the molecule is CNC(C)(C)NC(C)=O. The topological polar surface area (TPSA) is 41.1 Å². The third-order valence-corrected chi connectivity index (χ3v) is 1.11. The molecule has 0 unspecified atom stereocenters. The summed E-state index contributed by atoms with van der Waals surface area (Å²) in [5.41, 5.74) is -0.286. The quantitative estimate of drug-likeness (QED) is 0.520. The predicted molar refractivity (Wildman–Crippen MR) is 37.0 cm³/mol. The van der Waals surface area contributed by atoms with Gasteiger partial charge in [0.05, 0.1) is 5.66 Å². The fourth-order valence-electron chi connectivity index (χ4n) is 0.503. The van der Waals surface area contributed by atoms with Crippen LogP contribution in [0.15, 0.2) is 0 Å². The van der Waals surface area contributed by atoms with Crippen LogP contribution in [-0.2, 0) is 4.79 Å². The monoisotopic (exact) mass is 130 g/mol. The van der Waals surface area contributed by atoms with Crippen molar-refractivity contribution in [1.82, 2.24) is 10.6 Å². The minimum absolute atomic E-state index is 0.0191. The van der Waals surface area contributed by atoms with Crippen molar-refractivity contribution in [3.8, 4) is 0 Å². The van der Waals surface area contributed by atoms with E-state index in [0.29, 0.717) is 0 Å². The molecule has 0 radical (unpaired) electrons. The molecule has 3 heteroatoms. The van der Waals surface area contributed by atoms with Gasteiger partial charge in [-0.1, -0.05) is 0 Å². The van der Waals surface area contributed by atoms with Gasteiger partial charge in [-0.15, -0.1) is 0 Å². The van der Waals surface area contributed by atoms with Gasteiger partial charge in [-0.2, -0.15) is 0 Å². The van der Waals surface area contributed by atoms with Crippen molar-refractivity contribution in [2.75, 3.05) is 7.05 Å². The molecule has 0 rings (SSSR count). The Morgan fingerprint density at radius 1 is 1.44 bits per heavy atom. The van der Waals surface area contributed by atoms with Gasteiger partial charge in [0.1, 0.15) is 0 Å². The van der Waals surface area contributed by atoms with E-state index in [4.69, 9.17) is 0 Å². The molecule has 0 aliphatic carbocycles. The minimum atomic E-state index is -0.286. The highest BCUT2D eigenvalue weighted by atomic mass is 16.1. The molecule has 0 aliphatic heterocycles. The number of amides is 1. The van der Waals surface area contributed by atoms with E-state index in [1.807, 2.05) is 13.8 Å². The lowest BCUT2D eigenvalue weighted by molar-refractivity contribution is -0.120. The van der Waals surface area contributed by atoms with Gasteiger partial charge < -0.3 is 5.32 Å². The van der Waals surface area contributed by atoms with E-state index >= 15 is 0 Å². The molecule has 0 aromatic heterocycles. The van der Waals surface area contributed by atoms with E-state index < -0.39 is 0 Å². The minimum Gasteiger partial charge on any atom is -0.339 e. The van der Waals surface area contributed by atoms with Crippen LogP contribution in [0.1, 0.15) is 20.8 Å². The van der Waals surface area contributed by atoms with Gasteiger partial charge in [-0.3, -0.25) is 10.1 Å². The lowest BCUT2D eigenvalue weighted by Gasteiger charge is -2.24. The van der Waals surface area contributed by atoms with Gasteiger partial charge in [0, 0.05) is 6.92 Å². The van der Waals surface area contributed by atoms with E-state index in [1.54, 1.807) is 7.05 Å². The second kappa shape index (κ2) is 2.82. The van der Waals surface area contributed by atoms with E-state index in [0.717, 1.165) is 0 Å². The summed E-state index contributed by atoms with van der Waals surface area (Å²) >= 11 is 0. The highest BCUT2D eigenvalue weighted by Gasteiger charge is 2.13. The number of rotatable bonds is 2. The van der Waals surface area contributed by atoms with Gasteiger partial charge in [-0.25, -0.2) is 0 Å². The van der Waals surface area contributed by atoms with E-state index in [1.165, 1.54) is 6.92 Å². The summed E-state index contributed by atoms with van der Waals surface area (Å²) in [6.07, 6.45) is 0.